The van der Waals surface area contributed by atoms with Gasteiger partial charge in [-0.3, -0.25) is 9.59 Å². The van der Waals surface area contributed by atoms with Crippen LogP contribution in [-0.4, -0.2) is 33.4 Å². The van der Waals surface area contributed by atoms with Gasteiger partial charge in [0.25, 0.3) is 17.6 Å². The van der Waals surface area contributed by atoms with Crippen LogP contribution in [0.25, 0.3) is 0 Å². The molecule has 1 aliphatic rings. The summed E-state index contributed by atoms with van der Waals surface area (Å²) in [7, 11) is 0. The number of aromatic nitrogens is 2. The number of carbonyl (C=O) groups excluding carboxylic acids is 2. The summed E-state index contributed by atoms with van der Waals surface area (Å²) in [5.74, 6) is -1.05. The quantitative estimate of drug-likeness (QED) is 0.905. The number of hydrogen-bond donors (Lipinski definition) is 1. The molecule has 22 heavy (non-hydrogen) atoms. The third kappa shape index (κ3) is 2.69. The summed E-state index contributed by atoms with van der Waals surface area (Å²) < 4.78 is 5.83. The molecule has 0 aromatic carbocycles. The molecule has 116 valence electrons. The first-order chi connectivity index (χ1) is 10.5. The fourth-order valence-electron chi connectivity index (χ4n) is 2.38. The van der Waals surface area contributed by atoms with Crippen LogP contribution in [0.4, 0.5) is 0 Å². The molecule has 1 saturated heterocycles. The summed E-state index contributed by atoms with van der Waals surface area (Å²) in [6, 6.07) is 1.14. The Kier molecular flexibility index (Phi) is 4.07. The second-order valence-corrected chi connectivity index (χ2v) is 7.00. The number of hydrogen-bond acceptors (Lipinski definition) is 6. The van der Waals surface area contributed by atoms with E-state index < -0.39 is 11.9 Å². The van der Waals surface area contributed by atoms with Gasteiger partial charge in [0, 0.05) is 6.54 Å². The van der Waals surface area contributed by atoms with Gasteiger partial charge >= 0.3 is 0 Å². The van der Waals surface area contributed by atoms with E-state index in [9.17, 15) is 9.59 Å². The van der Waals surface area contributed by atoms with Crippen LogP contribution in [0, 0.1) is 0 Å². The summed E-state index contributed by atoms with van der Waals surface area (Å²) in [5, 5.41) is 3.50. The normalized spacial score (nSPS) is 17.9. The largest absolute Gasteiger partial charge is 0.363 e. The van der Waals surface area contributed by atoms with Crippen LogP contribution in [0.1, 0.15) is 45.8 Å². The molecule has 2 amide bonds. The van der Waals surface area contributed by atoms with Crippen molar-refractivity contribution in [1.29, 1.82) is 0 Å². The third-order valence-corrected chi connectivity index (χ3v) is 4.84. The Hall–Kier alpha value is -1.64. The predicted molar refractivity (Wildman–Crippen MR) is 80.2 cm³/mol. The highest BCUT2D eigenvalue weighted by Gasteiger charge is 2.36. The number of halogens is 2. The van der Waals surface area contributed by atoms with E-state index in [1.165, 1.54) is 6.07 Å². The van der Waals surface area contributed by atoms with Gasteiger partial charge in [-0.2, -0.15) is 4.98 Å². The molecule has 2 aromatic heterocycles. The molecule has 0 spiro atoms. The topological polar surface area (TPSA) is 102 Å². The average molecular weight is 361 g/mol. The summed E-state index contributed by atoms with van der Waals surface area (Å²) in [6.07, 6.45) is 1.43. The number of carbonyl (C=O) groups is 2. The number of thiophene rings is 1. The summed E-state index contributed by atoms with van der Waals surface area (Å²) >= 11 is 13.0. The Morgan fingerprint density at radius 1 is 1.45 bits per heavy atom. The van der Waals surface area contributed by atoms with Crippen LogP contribution in [0.2, 0.25) is 8.67 Å². The summed E-state index contributed by atoms with van der Waals surface area (Å²) in [5.41, 5.74) is 5.44. The predicted octanol–water partition coefficient (Wildman–Crippen LogP) is 2.51. The highest BCUT2D eigenvalue weighted by atomic mass is 35.5. The van der Waals surface area contributed by atoms with Gasteiger partial charge < -0.3 is 15.2 Å². The monoisotopic (exact) mass is 360 g/mol. The minimum atomic E-state index is -0.779. The highest BCUT2D eigenvalue weighted by molar-refractivity contribution is 7.20. The van der Waals surface area contributed by atoms with Crippen molar-refractivity contribution in [2.45, 2.75) is 18.9 Å². The van der Waals surface area contributed by atoms with E-state index in [0.717, 1.165) is 17.8 Å². The first-order valence-corrected chi connectivity index (χ1v) is 7.94. The highest BCUT2D eigenvalue weighted by Crippen LogP contribution is 2.36. The van der Waals surface area contributed by atoms with Crippen LogP contribution in [0.3, 0.4) is 0 Å². The number of likely N-dealkylation sites (tertiary alicyclic amines) is 1. The van der Waals surface area contributed by atoms with E-state index in [0.29, 0.717) is 27.2 Å². The van der Waals surface area contributed by atoms with Crippen molar-refractivity contribution in [2.75, 3.05) is 6.54 Å². The van der Waals surface area contributed by atoms with Gasteiger partial charge in [-0.15, -0.1) is 11.3 Å². The lowest BCUT2D eigenvalue weighted by Gasteiger charge is -2.21. The number of primary amides is 1. The lowest BCUT2D eigenvalue weighted by Crippen LogP contribution is -2.30. The van der Waals surface area contributed by atoms with Gasteiger partial charge in [-0.1, -0.05) is 28.4 Å². The Morgan fingerprint density at radius 2 is 2.23 bits per heavy atom. The van der Waals surface area contributed by atoms with Crippen molar-refractivity contribution < 1.29 is 14.1 Å². The molecule has 2 aromatic rings. The maximum atomic E-state index is 12.6. The molecule has 1 atom stereocenters. The van der Waals surface area contributed by atoms with Gasteiger partial charge in [0.1, 0.15) is 10.4 Å². The van der Waals surface area contributed by atoms with Crippen molar-refractivity contribution in [3.8, 4) is 0 Å². The Balaban J connectivity index is 1.87. The average Bonchev–Trinajstić information content (AvgIpc) is 3.15. The molecule has 0 bridgehead atoms. The van der Waals surface area contributed by atoms with Gasteiger partial charge in [0.15, 0.2) is 0 Å². The zero-order chi connectivity index (χ0) is 15.9. The first-order valence-electron chi connectivity index (χ1n) is 6.36. The molecule has 1 unspecified atom stereocenters. The molecular weight excluding hydrogens is 351 g/mol. The van der Waals surface area contributed by atoms with E-state index in [-0.39, 0.29) is 17.6 Å². The zero-order valence-electron chi connectivity index (χ0n) is 11.1. The Bertz CT molecular complexity index is 745. The van der Waals surface area contributed by atoms with Crippen molar-refractivity contribution in [2.24, 2.45) is 5.73 Å². The molecule has 1 aliphatic heterocycles. The molecule has 0 saturated carbocycles. The first kappa shape index (κ1) is 15.3. The second kappa shape index (κ2) is 5.86. The van der Waals surface area contributed by atoms with Crippen LogP contribution >= 0.6 is 34.5 Å². The standard InChI is InChI=1S/C12H10Cl2N4O3S/c13-7-4-5(8(14)22-7)12(20)18-3-1-2-6(18)11-16-10(9(15)19)17-21-11/h4,6H,1-3H2,(H2,15,19). The fraction of sp³-hybridized carbons (Fsp3) is 0.333. The molecule has 3 rings (SSSR count). The smallest absolute Gasteiger partial charge is 0.290 e. The summed E-state index contributed by atoms with van der Waals surface area (Å²) in [6.45, 7) is 0.529. The van der Waals surface area contributed by atoms with Gasteiger partial charge in [-0.25, -0.2) is 0 Å². The SMILES string of the molecule is NC(=O)c1noc(C2CCCN2C(=O)c2cc(Cl)sc2Cl)n1. The maximum Gasteiger partial charge on any atom is 0.290 e. The van der Waals surface area contributed by atoms with Crippen molar-refractivity contribution in [3.63, 3.8) is 0 Å². The van der Waals surface area contributed by atoms with Crippen molar-refractivity contribution in [3.05, 3.63) is 32.0 Å². The molecule has 3 heterocycles. The molecule has 2 N–H and O–H groups in total. The Morgan fingerprint density at radius 3 is 2.82 bits per heavy atom. The maximum absolute atomic E-state index is 12.6. The zero-order valence-corrected chi connectivity index (χ0v) is 13.4. The molecule has 10 heteroatoms. The summed E-state index contributed by atoms with van der Waals surface area (Å²) in [4.78, 5) is 29.2. The molecule has 0 aliphatic carbocycles. The Labute approximate surface area is 139 Å². The molecule has 7 nitrogen and oxygen atoms in total. The number of nitrogens with zero attached hydrogens (tertiary/aromatic N) is 3. The van der Waals surface area contributed by atoms with E-state index in [1.807, 2.05) is 0 Å². The van der Waals surface area contributed by atoms with Crippen LogP contribution < -0.4 is 5.73 Å². The van der Waals surface area contributed by atoms with Gasteiger partial charge in [-0.05, 0) is 18.9 Å². The van der Waals surface area contributed by atoms with E-state index >= 15 is 0 Å². The van der Waals surface area contributed by atoms with Crippen LogP contribution in [0.5, 0.6) is 0 Å². The lowest BCUT2D eigenvalue weighted by molar-refractivity contribution is 0.0710. The third-order valence-electron chi connectivity index (χ3n) is 3.35. The number of amides is 2. The second-order valence-electron chi connectivity index (χ2n) is 4.71. The van der Waals surface area contributed by atoms with Crippen LogP contribution in [0.15, 0.2) is 10.6 Å². The van der Waals surface area contributed by atoms with E-state index in [4.69, 9.17) is 33.5 Å². The van der Waals surface area contributed by atoms with Crippen molar-refractivity contribution in [1.82, 2.24) is 15.0 Å². The molecule has 1 fully saturated rings. The lowest BCUT2D eigenvalue weighted by atomic mass is 10.2. The number of rotatable bonds is 3. The molecular formula is C12H10Cl2N4O3S. The van der Waals surface area contributed by atoms with Gasteiger partial charge in [0.2, 0.25) is 5.89 Å². The van der Waals surface area contributed by atoms with E-state index in [2.05, 4.69) is 10.1 Å². The molecule has 0 radical (unpaired) electrons. The minimum absolute atomic E-state index is 0.192. The number of nitrogens with two attached hydrogens (primary N) is 1. The fourth-order valence-corrected chi connectivity index (χ4v) is 3.83. The van der Waals surface area contributed by atoms with E-state index in [1.54, 1.807) is 4.90 Å². The minimum Gasteiger partial charge on any atom is -0.363 e. The van der Waals surface area contributed by atoms with Gasteiger partial charge in [0.05, 0.1) is 9.90 Å². The van der Waals surface area contributed by atoms with Crippen molar-refractivity contribution >= 4 is 46.4 Å². The van der Waals surface area contributed by atoms with Crippen LogP contribution in [-0.2, 0) is 0 Å².